The summed E-state index contributed by atoms with van der Waals surface area (Å²) < 4.78 is 45.2. The number of nitrogens with one attached hydrogen (secondary N) is 1. The molecule has 1 amide bonds. The second-order valence-electron chi connectivity index (χ2n) is 9.13. The van der Waals surface area contributed by atoms with Gasteiger partial charge in [-0.05, 0) is 79.9 Å². The van der Waals surface area contributed by atoms with Crippen LogP contribution in [0.3, 0.4) is 0 Å². The largest absolute Gasteiger partial charge is 0.493 e. The summed E-state index contributed by atoms with van der Waals surface area (Å²) in [6.07, 6.45) is 4.64. The first-order valence-corrected chi connectivity index (χ1v) is 13.9. The van der Waals surface area contributed by atoms with Crippen molar-refractivity contribution in [2.45, 2.75) is 38.1 Å². The summed E-state index contributed by atoms with van der Waals surface area (Å²) in [7, 11) is -3.78. The van der Waals surface area contributed by atoms with Crippen molar-refractivity contribution >= 4 is 39.1 Å². The Labute approximate surface area is 209 Å². The van der Waals surface area contributed by atoms with Gasteiger partial charge in [-0.2, -0.15) is 0 Å². The first kappa shape index (κ1) is 25.2. The Morgan fingerprint density at radius 2 is 1.82 bits per heavy atom. The summed E-state index contributed by atoms with van der Waals surface area (Å²) >= 11 is 12.1. The summed E-state index contributed by atoms with van der Waals surface area (Å²) in [4.78, 5) is 14.6. The molecular formula is C24H27Cl2FN2O4S. The van der Waals surface area contributed by atoms with Crippen LogP contribution in [0.5, 0.6) is 5.75 Å². The van der Waals surface area contributed by atoms with Crippen LogP contribution in [0.1, 0.15) is 53.1 Å². The van der Waals surface area contributed by atoms with Crippen LogP contribution in [-0.2, 0) is 16.6 Å². The van der Waals surface area contributed by atoms with Crippen LogP contribution < -0.4 is 9.46 Å². The summed E-state index contributed by atoms with van der Waals surface area (Å²) in [6.45, 7) is 3.11. The summed E-state index contributed by atoms with van der Waals surface area (Å²) in [5.41, 5.74) is 1.60. The second-order valence-corrected chi connectivity index (χ2v) is 11.7. The van der Waals surface area contributed by atoms with E-state index in [1.54, 1.807) is 0 Å². The number of piperidine rings is 1. The lowest BCUT2D eigenvalue weighted by Crippen LogP contribution is -2.35. The third-order valence-electron chi connectivity index (χ3n) is 6.21. The highest BCUT2D eigenvalue weighted by Gasteiger charge is 2.30. The quantitative estimate of drug-likeness (QED) is 0.522. The van der Waals surface area contributed by atoms with Crippen LogP contribution in [0, 0.1) is 11.7 Å². The van der Waals surface area contributed by atoms with Gasteiger partial charge in [0, 0.05) is 12.6 Å². The molecule has 0 radical (unpaired) electrons. The van der Waals surface area contributed by atoms with E-state index in [2.05, 4.69) is 4.90 Å². The highest BCUT2D eigenvalue weighted by Crippen LogP contribution is 2.45. The van der Waals surface area contributed by atoms with Crippen molar-refractivity contribution in [3.05, 3.63) is 62.9 Å². The standard InChI is InChI=1S/C24H27Cl2FN2O4S/c1-34(31,32)28-24(30)19-11-18(17-3-4-17)23(12-22(19)27)33-14-15-6-8-29(9-7-15)13-16-2-5-20(25)21(26)10-16/h2,5,10-12,15,17H,3-4,6-9,13-14H2,1H3,(H,28,30). The Morgan fingerprint density at radius 1 is 1.12 bits per heavy atom. The zero-order chi connectivity index (χ0) is 24.5. The molecule has 1 N–H and O–H groups in total. The maximum absolute atomic E-state index is 14.7. The topological polar surface area (TPSA) is 75.7 Å². The van der Waals surface area contributed by atoms with Gasteiger partial charge < -0.3 is 4.74 Å². The molecule has 0 aromatic heterocycles. The average Bonchev–Trinajstić information content (AvgIpc) is 3.60. The van der Waals surface area contributed by atoms with Crippen molar-refractivity contribution in [1.82, 2.24) is 9.62 Å². The number of nitrogens with zero attached hydrogens (tertiary/aromatic N) is 1. The zero-order valence-electron chi connectivity index (χ0n) is 18.8. The maximum atomic E-state index is 14.7. The van der Waals surface area contributed by atoms with Crippen molar-refractivity contribution in [3.8, 4) is 5.75 Å². The Hall–Kier alpha value is -1.87. The third kappa shape index (κ3) is 6.62. The molecule has 0 unspecified atom stereocenters. The molecule has 1 saturated carbocycles. The van der Waals surface area contributed by atoms with E-state index in [0.717, 1.165) is 62.7 Å². The number of carbonyl (C=O) groups is 1. The molecule has 1 aliphatic carbocycles. The van der Waals surface area contributed by atoms with Crippen LogP contribution in [-0.4, -0.2) is 45.2 Å². The molecule has 184 valence electrons. The van der Waals surface area contributed by atoms with E-state index in [4.69, 9.17) is 27.9 Å². The zero-order valence-corrected chi connectivity index (χ0v) is 21.1. The van der Waals surface area contributed by atoms with Gasteiger partial charge in [-0.15, -0.1) is 0 Å². The van der Waals surface area contributed by atoms with Crippen molar-refractivity contribution < 1.29 is 22.3 Å². The van der Waals surface area contributed by atoms with E-state index in [9.17, 15) is 17.6 Å². The fourth-order valence-corrected chi connectivity index (χ4v) is 4.99. The molecule has 0 atom stereocenters. The van der Waals surface area contributed by atoms with E-state index >= 15 is 0 Å². The molecule has 2 aliphatic rings. The van der Waals surface area contributed by atoms with Crippen LogP contribution in [0.2, 0.25) is 10.0 Å². The molecule has 2 aromatic carbocycles. The van der Waals surface area contributed by atoms with E-state index in [-0.39, 0.29) is 11.5 Å². The first-order valence-electron chi connectivity index (χ1n) is 11.2. The number of halogens is 3. The Bertz CT molecular complexity index is 1180. The molecule has 0 spiro atoms. The number of benzene rings is 2. The number of likely N-dealkylation sites (tertiary alicyclic amines) is 1. The summed E-state index contributed by atoms with van der Waals surface area (Å²) in [5.74, 6) is -0.782. The molecule has 4 rings (SSSR count). The fourth-order valence-electron chi connectivity index (χ4n) is 4.22. The van der Waals surface area contributed by atoms with Crippen LogP contribution >= 0.6 is 23.2 Å². The van der Waals surface area contributed by atoms with Gasteiger partial charge in [-0.25, -0.2) is 17.5 Å². The summed E-state index contributed by atoms with van der Waals surface area (Å²) in [5, 5.41) is 1.10. The minimum atomic E-state index is -3.78. The highest BCUT2D eigenvalue weighted by molar-refractivity contribution is 7.89. The van der Waals surface area contributed by atoms with Crippen LogP contribution in [0.25, 0.3) is 0 Å². The number of sulfonamides is 1. The maximum Gasteiger partial charge on any atom is 0.267 e. The molecule has 1 aliphatic heterocycles. The molecule has 34 heavy (non-hydrogen) atoms. The first-order chi connectivity index (χ1) is 16.1. The minimum Gasteiger partial charge on any atom is -0.493 e. The molecule has 10 heteroatoms. The Balaban J connectivity index is 1.35. The Kier molecular flexibility index (Phi) is 7.72. The summed E-state index contributed by atoms with van der Waals surface area (Å²) in [6, 6.07) is 8.34. The van der Waals surface area contributed by atoms with Gasteiger partial charge in [-0.1, -0.05) is 29.3 Å². The van der Waals surface area contributed by atoms with Gasteiger partial charge in [0.05, 0.1) is 28.5 Å². The molecule has 0 bridgehead atoms. The monoisotopic (exact) mass is 528 g/mol. The average molecular weight is 529 g/mol. The predicted octanol–water partition coefficient (Wildman–Crippen LogP) is 4.99. The molecule has 2 aromatic rings. The number of carbonyl (C=O) groups excluding carboxylic acids is 1. The Morgan fingerprint density at radius 3 is 2.44 bits per heavy atom. The van der Waals surface area contributed by atoms with Crippen molar-refractivity contribution in [2.75, 3.05) is 26.0 Å². The fraction of sp³-hybridized carbons (Fsp3) is 0.458. The van der Waals surface area contributed by atoms with E-state index < -0.39 is 21.7 Å². The second kappa shape index (κ2) is 10.4. The molecule has 1 saturated heterocycles. The van der Waals surface area contributed by atoms with E-state index in [1.807, 2.05) is 22.9 Å². The van der Waals surface area contributed by atoms with Gasteiger partial charge in [0.1, 0.15) is 11.6 Å². The lowest BCUT2D eigenvalue weighted by Gasteiger charge is -2.32. The number of amides is 1. The molecule has 6 nitrogen and oxygen atoms in total. The molecule has 2 fully saturated rings. The van der Waals surface area contributed by atoms with Gasteiger partial charge in [0.15, 0.2) is 0 Å². The predicted molar refractivity (Wildman–Crippen MR) is 131 cm³/mol. The normalized spacial score (nSPS) is 17.5. The number of ether oxygens (including phenoxy) is 1. The van der Waals surface area contributed by atoms with Crippen molar-refractivity contribution in [2.24, 2.45) is 5.92 Å². The van der Waals surface area contributed by atoms with Crippen molar-refractivity contribution in [3.63, 3.8) is 0 Å². The third-order valence-corrected chi connectivity index (χ3v) is 7.51. The highest BCUT2D eigenvalue weighted by atomic mass is 35.5. The SMILES string of the molecule is CS(=O)(=O)NC(=O)c1cc(C2CC2)c(OCC2CCN(Cc3ccc(Cl)c(Cl)c3)CC2)cc1F. The number of rotatable bonds is 8. The lowest BCUT2D eigenvalue weighted by atomic mass is 9.97. The van der Waals surface area contributed by atoms with Gasteiger partial charge >= 0.3 is 0 Å². The van der Waals surface area contributed by atoms with Gasteiger partial charge in [0.25, 0.3) is 5.91 Å². The van der Waals surface area contributed by atoms with Gasteiger partial charge in [0.2, 0.25) is 10.0 Å². The molecule has 1 heterocycles. The van der Waals surface area contributed by atoms with E-state index in [1.165, 1.54) is 12.1 Å². The van der Waals surface area contributed by atoms with Gasteiger partial charge in [-0.3, -0.25) is 9.69 Å². The number of hydrogen-bond acceptors (Lipinski definition) is 5. The smallest absolute Gasteiger partial charge is 0.267 e. The van der Waals surface area contributed by atoms with Crippen LogP contribution in [0.15, 0.2) is 30.3 Å². The number of hydrogen-bond donors (Lipinski definition) is 1. The van der Waals surface area contributed by atoms with Crippen molar-refractivity contribution in [1.29, 1.82) is 0 Å². The van der Waals surface area contributed by atoms with E-state index in [0.29, 0.717) is 28.3 Å². The van der Waals surface area contributed by atoms with Crippen LogP contribution in [0.4, 0.5) is 4.39 Å². The lowest BCUT2D eigenvalue weighted by molar-refractivity contribution is 0.0977. The minimum absolute atomic E-state index is 0.202. The molecular weight excluding hydrogens is 502 g/mol.